The van der Waals surface area contributed by atoms with E-state index in [1.165, 1.54) is 18.4 Å². The summed E-state index contributed by atoms with van der Waals surface area (Å²) >= 11 is 1.45. The molecule has 2 N–H and O–H groups in total. The fraction of sp³-hybridized carbons (Fsp3) is 0.240. The lowest BCUT2D eigenvalue weighted by atomic mass is 9.88. The van der Waals surface area contributed by atoms with E-state index in [2.05, 4.69) is 10.6 Å². The van der Waals surface area contributed by atoms with E-state index in [9.17, 15) is 14.4 Å². The molecule has 32 heavy (non-hydrogen) atoms. The average Bonchev–Trinajstić information content (AvgIpc) is 3.49. The number of urea groups is 1. The molecule has 1 aromatic heterocycles. The Kier molecular flexibility index (Phi) is 6.66. The van der Waals surface area contributed by atoms with Crippen molar-refractivity contribution in [3.63, 3.8) is 0 Å². The molecule has 6 nitrogen and oxygen atoms in total. The van der Waals surface area contributed by atoms with Gasteiger partial charge in [0, 0.05) is 22.0 Å². The van der Waals surface area contributed by atoms with Crippen LogP contribution in [0.25, 0.3) is 10.4 Å². The average molecular weight is 449 g/mol. The molecule has 0 bridgehead atoms. The van der Waals surface area contributed by atoms with Crippen LogP contribution in [0.5, 0.6) is 0 Å². The number of ether oxygens (including phenoxy) is 1. The van der Waals surface area contributed by atoms with Crippen LogP contribution in [0, 0.1) is 11.8 Å². The molecule has 0 aliphatic heterocycles. The van der Waals surface area contributed by atoms with E-state index in [1.807, 2.05) is 54.6 Å². The summed E-state index contributed by atoms with van der Waals surface area (Å²) in [7, 11) is 1.37. The third-order valence-corrected chi connectivity index (χ3v) is 6.73. The van der Waals surface area contributed by atoms with Gasteiger partial charge in [0.15, 0.2) is 5.78 Å². The van der Waals surface area contributed by atoms with Gasteiger partial charge in [-0.1, -0.05) is 48.9 Å². The van der Waals surface area contributed by atoms with Gasteiger partial charge in [-0.25, -0.2) is 4.79 Å². The molecule has 4 rings (SSSR count). The molecular formula is C25H24N2O4S. The van der Waals surface area contributed by atoms with E-state index >= 15 is 0 Å². The minimum absolute atomic E-state index is 0.00410. The number of anilines is 2. The number of para-hydroxylation sites is 1. The highest BCUT2D eigenvalue weighted by atomic mass is 32.1. The summed E-state index contributed by atoms with van der Waals surface area (Å²) in [5, 5.41) is 6.35. The molecule has 0 unspecified atom stereocenters. The number of hydrogen-bond acceptors (Lipinski definition) is 5. The maximum absolute atomic E-state index is 12.9. The van der Waals surface area contributed by atoms with Crippen molar-refractivity contribution in [1.29, 1.82) is 0 Å². The molecule has 1 aliphatic rings. The number of ketones is 1. The first-order valence-electron chi connectivity index (χ1n) is 10.5. The molecule has 2 aromatic carbocycles. The molecular weight excluding hydrogens is 424 g/mol. The van der Waals surface area contributed by atoms with Crippen LogP contribution in [0.15, 0.2) is 66.7 Å². The number of methoxy groups -OCH3 is 1. The fourth-order valence-corrected chi connectivity index (χ4v) is 4.98. The number of benzene rings is 2. The van der Waals surface area contributed by atoms with Crippen molar-refractivity contribution in [2.24, 2.45) is 11.8 Å². The lowest BCUT2D eigenvalue weighted by molar-refractivity contribution is -0.146. The van der Waals surface area contributed by atoms with Gasteiger partial charge in [-0.15, -0.1) is 11.3 Å². The Balaban J connectivity index is 1.40. The zero-order chi connectivity index (χ0) is 22.5. The van der Waals surface area contributed by atoms with Gasteiger partial charge < -0.3 is 10.1 Å². The van der Waals surface area contributed by atoms with E-state index in [4.69, 9.17) is 4.74 Å². The van der Waals surface area contributed by atoms with E-state index < -0.39 is 0 Å². The molecule has 3 aromatic rings. The minimum atomic E-state index is -0.347. The van der Waals surface area contributed by atoms with Gasteiger partial charge >= 0.3 is 12.0 Å². The van der Waals surface area contributed by atoms with Gasteiger partial charge in [0.05, 0.1) is 18.0 Å². The van der Waals surface area contributed by atoms with Crippen LogP contribution >= 0.6 is 11.3 Å². The predicted octanol–water partition coefficient (Wildman–Crippen LogP) is 5.83. The summed E-state index contributed by atoms with van der Waals surface area (Å²) in [6, 6.07) is 20.1. The zero-order valence-corrected chi connectivity index (χ0v) is 18.5. The predicted molar refractivity (Wildman–Crippen MR) is 126 cm³/mol. The van der Waals surface area contributed by atoms with Crippen LogP contribution in [-0.4, -0.2) is 24.9 Å². The van der Waals surface area contributed by atoms with Gasteiger partial charge in [-0.2, -0.15) is 0 Å². The van der Waals surface area contributed by atoms with Crippen molar-refractivity contribution in [3.05, 3.63) is 72.3 Å². The van der Waals surface area contributed by atoms with Crippen LogP contribution in [0.4, 0.5) is 15.5 Å². The Bertz CT molecular complexity index is 1110. The Hall–Kier alpha value is -3.45. The lowest BCUT2D eigenvalue weighted by Gasteiger charge is -2.16. The molecule has 1 fully saturated rings. The number of carbonyl (C=O) groups excluding carboxylic acids is 3. The van der Waals surface area contributed by atoms with E-state index in [0.717, 1.165) is 27.5 Å². The second-order valence-electron chi connectivity index (χ2n) is 7.72. The fourth-order valence-electron chi connectivity index (χ4n) is 4.08. The second-order valence-corrected chi connectivity index (χ2v) is 8.80. The smallest absolute Gasteiger partial charge is 0.324 e. The normalized spacial score (nSPS) is 17.5. The second kappa shape index (κ2) is 9.78. The maximum atomic E-state index is 12.9. The van der Waals surface area contributed by atoms with Crippen LogP contribution in [0.2, 0.25) is 0 Å². The van der Waals surface area contributed by atoms with E-state index in [-0.39, 0.29) is 29.6 Å². The van der Waals surface area contributed by atoms with Gasteiger partial charge in [-0.3, -0.25) is 14.9 Å². The van der Waals surface area contributed by atoms with Gasteiger partial charge in [-0.05, 0) is 42.7 Å². The highest BCUT2D eigenvalue weighted by Crippen LogP contribution is 2.36. The standard InChI is InChI=1S/C25H24N2O4S/c1-31-24(29)20-9-5-8-19(20)23(28)17-12-10-16(11-13-17)21-14-15-22(32-21)27-25(30)26-18-6-3-2-4-7-18/h2-4,6-7,10-15,19-20H,5,8-9H2,1H3,(H2,26,27,30)/t19-,20-/m1/s1. The highest BCUT2D eigenvalue weighted by molar-refractivity contribution is 7.19. The largest absolute Gasteiger partial charge is 0.469 e. The molecule has 7 heteroatoms. The minimum Gasteiger partial charge on any atom is -0.469 e. The number of amides is 2. The summed E-state index contributed by atoms with van der Waals surface area (Å²) in [6.07, 6.45) is 2.27. The van der Waals surface area contributed by atoms with Gasteiger partial charge in [0.2, 0.25) is 0 Å². The Labute approximate surface area is 190 Å². The van der Waals surface area contributed by atoms with E-state index in [0.29, 0.717) is 18.4 Å². The number of nitrogens with one attached hydrogen (secondary N) is 2. The SMILES string of the molecule is COC(=O)[C@@H]1CCC[C@H]1C(=O)c1ccc(-c2ccc(NC(=O)Nc3ccccc3)s2)cc1. The first kappa shape index (κ1) is 21.8. The molecule has 1 heterocycles. The Morgan fingerprint density at radius 1 is 0.875 bits per heavy atom. The third kappa shape index (κ3) is 4.89. The molecule has 0 saturated heterocycles. The number of Topliss-reactive ketones (excluding diaryl/α,β-unsaturated/α-hetero) is 1. The first-order valence-corrected chi connectivity index (χ1v) is 11.3. The lowest BCUT2D eigenvalue weighted by Crippen LogP contribution is -2.26. The zero-order valence-electron chi connectivity index (χ0n) is 17.7. The molecule has 0 spiro atoms. The molecule has 2 amide bonds. The van der Waals surface area contributed by atoms with Crippen LogP contribution in [0.1, 0.15) is 29.6 Å². The summed E-state index contributed by atoms with van der Waals surface area (Å²) in [5.74, 6) is -0.961. The number of esters is 1. The molecule has 2 atom stereocenters. The molecule has 1 aliphatic carbocycles. The number of carbonyl (C=O) groups is 3. The van der Waals surface area contributed by atoms with Crippen molar-refractivity contribution in [2.45, 2.75) is 19.3 Å². The molecule has 164 valence electrons. The van der Waals surface area contributed by atoms with Crippen LogP contribution in [-0.2, 0) is 9.53 Å². The van der Waals surface area contributed by atoms with Gasteiger partial charge in [0.25, 0.3) is 0 Å². The van der Waals surface area contributed by atoms with Crippen molar-refractivity contribution in [3.8, 4) is 10.4 Å². The van der Waals surface area contributed by atoms with E-state index in [1.54, 1.807) is 12.1 Å². The summed E-state index contributed by atoms with van der Waals surface area (Å²) < 4.78 is 4.87. The number of hydrogen-bond donors (Lipinski definition) is 2. The van der Waals surface area contributed by atoms with Crippen molar-refractivity contribution in [1.82, 2.24) is 0 Å². The number of thiophene rings is 1. The van der Waals surface area contributed by atoms with Crippen LogP contribution in [0.3, 0.4) is 0 Å². The molecule has 0 radical (unpaired) electrons. The first-order chi connectivity index (χ1) is 15.5. The quantitative estimate of drug-likeness (QED) is 0.367. The topological polar surface area (TPSA) is 84.5 Å². The summed E-state index contributed by atoms with van der Waals surface area (Å²) in [5.41, 5.74) is 2.28. The Morgan fingerprint density at radius 3 is 2.31 bits per heavy atom. The van der Waals surface area contributed by atoms with Crippen LogP contribution < -0.4 is 10.6 Å². The summed E-state index contributed by atoms with van der Waals surface area (Å²) in [4.78, 5) is 38.1. The Morgan fingerprint density at radius 2 is 1.59 bits per heavy atom. The third-order valence-electron chi connectivity index (χ3n) is 5.68. The van der Waals surface area contributed by atoms with Crippen molar-refractivity contribution in [2.75, 3.05) is 17.7 Å². The van der Waals surface area contributed by atoms with Gasteiger partial charge in [0.1, 0.15) is 0 Å². The number of rotatable bonds is 6. The highest BCUT2D eigenvalue weighted by Gasteiger charge is 2.38. The monoisotopic (exact) mass is 448 g/mol. The maximum Gasteiger partial charge on any atom is 0.324 e. The summed E-state index contributed by atoms with van der Waals surface area (Å²) in [6.45, 7) is 0. The van der Waals surface area contributed by atoms with Crippen molar-refractivity contribution < 1.29 is 19.1 Å². The van der Waals surface area contributed by atoms with Crippen molar-refractivity contribution >= 4 is 39.8 Å². The molecule has 1 saturated carbocycles.